The lowest BCUT2D eigenvalue weighted by Gasteiger charge is -2.43. The number of carbonyl (C=O) groups excluding carboxylic acids is 1. The normalized spacial score (nSPS) is 18.1. The number of methoxy groups -OCH3 is 1. The fraction of sp³-hybridized carbons (Fsp3) is 0.486. The number of aliphatic hydroxyl groups is 1. The molecular formula is C37H52O5Si. The van der Waals surface area contributed by atoms with Crippen molar-refractivity contribution in [3.8, 4) is 0 Å². The Kier molecular flexibility index (Phi) is 14.6. The average molecular weight is 605 g/mol. The van der Waals surface area contributed by atoms with Crippen molar-refractivity contribution >= 4 is 24.7 Å². The van der Waals surface area contributed by atoms with Crippen molar-refractivity contribution in [3.05, 3.63) is 97.1 Å². The van der Waals surface area contributed by atoms with E-state index in [0.29, 0.717) is 12.8 Å². The van der Waals surface area contributed by atoms with Crippen LogP contribution < -0.4 is 10.4 Å². The van der Waals surface area contributed by atoms with Crippen LogP contribution in [0.1, 0.15) is 78.6 Å². The van der Waals surface area contributed by atoms with Gasteiger partial charge in [0.2, 0.25) is 0 Å². The molecule has 234 valence electrons. The summed E-state index contributed by atoms with van der Waals surface area (Å²) in [6.07, 6.45) is 19.9. The van der Waals surface area contributed by atoms with Gasteiger partial charge in [0.05, 0.1) is 19.3 Å². The first kappa shape index (κ1) is 34.7. The van der Waals surface area contributed by atoms with Gasteiger partial charge in [-0.15, -0.1) is 0 Å². The summed E-state index contributed by atoms with van der Waals surface area (Å²) >= 11 is 0. The molecule has 0 amide bonds. The van der Waals surface area contributed by atoms with Crippen LogP contribution in [0.25, 0.3) is 0 Å². The maximum Gasteiger partial charge on any atom is 0.305 e. The summed E-state index contributed by atoms with van der Waals surface area (Å²) in [5.74, 6) is -0.182. The molecule has 6 heteroatoms. The highest BCUT2D eigenvalue weighted by molar-refractivity contribution is 6.99. The number of aliphatic hydroxyl groups excluding tert-OH is 1. The first-order chi connectivity index (χ1) is 20.8. The molecular weight excluding hydrogens is 552 g/mol. The lowest BCUT2D eigenvalue weighted by Crippen LogP contribution is -2.66. The van der Waals surface area contributed by atoms with Crippen LogP contribution in [0.4, 0.5) is 0 Å². The maximum atomic E-state index is 11.1. The fourth-order valence-corrected chi connectivity index (χ4v) is 10.1. The lowest BCUT2D eigenvalue weighted by molar-refractivity contribution is -0.140. The van der Waals surface area contributed by atoms with E-state index >= 15 is 0 Å². The van der Waals surface area contributed by atoms with Gasteiger partial charge in [0.15, 0.2) is 0 Å². The van der Waals surface area contributed by atoms with Crippen LogP contribution in [-0.4, -0.2) is 51.4 Å². The van der Waals surface area contributed by atoms with Crippen molar-refractivity contribution in [1.82, 2.24) is 0 Å². The van der Waals surface area contributed by atoms with Crippen LogP contribution in [0.15, 0.2) is 97.1 Å². The van der Waals surface area contributed by atoms with Crippen molar-refractivity contribution in [2.75, 3.05) is 13.7 Å². The number of rotatable bonds is 19. The fourth-order valence-electron chi connectivity index (χ4n) is 5.53. The molecule has 0 spiro atoms. The van der Waals surface area contributed by atoms with Crippen LogP contribution in [0, 0.1) is 0 Å². The Morgan fingerprint density at radius 1 is 0.907 bits per heavy atom. The van der Waals surface area contributed by atoms with Gasteiger partial charge in [0.25, 0.3) is 8.32 Å². The molecule has 0 aromatic heterocycles. The Bertz CT molecular complexity index is 1110. The third-order valence-corrected chi connectivity index (χ3v) is 13.0. The number of hydrogen-bond donors (Lipinski definition) is 1. The third kappa shape index (κ3) is 11.3. The Hall–Kier alpha value is -2.77. The number of allylic oxidation sites excluding steroid dienone is 2. The zero-order chi connectivity index (χ0) is 31.0. The van der Waals surface area contributed by atoms with Crippen molar-refractivity contribution < 1.29 is 23.8 Å². The number of carbonyl (C=O) groups is 1. The largest absolute Gasteiger partial charge is 0.469 e. The van der Waals surface area contributed by atoms with Crippen LogP contribution in [0.2, 0.25) is 5.04 Å². The minimum Gasteiger partial charge on any atom is -0.469 e. The molecule has 1 N–H and O–H groups in total. The first-order valence-corrected chi connectivity index (χ1v) is 17.8. The minimum absolute atomic E-state index is 0.0131. The molecule has 3 unspecified atom stereocenters. The zero-order valence-electron chi connectivity index (χ0n) is 26.6. The van der Waals surface area contributed by atoms with Gasteiger partial charge in [0.1, 0.15) is 6.10 Å². The van der Waals surface area contributed by atoms with E-state index in [9.17, 15) is 9.90 Å². The van der Waals surface area contributed by atoms with Gasteiger partial charge < -0.3 is 19.0 Å². The molecule has 5 nitrogen and oxygen atoms in total. The van der Waals surface area contributed by atoms with Crippen molar-refractivity contribution in [3.63, 3.8) is 0 Å². The van der Waals surface area contributed by atoms with Crippen LogP contribution in [0.5, 0.6) is 0 Å². The highest BCUT2D eigenvalue weighted by Gasteiger charge is 2.49. The summed E-state index contributed by atoms with van der Waals surface area (Å²) < 4.78 is 17.3. The van der Waals surface area contributed by atoms with Crippen molar-refractivity contribution in [1.29, 1.82) is 0 Å². The minimum atomic E-state index is -2.44. The highest BCUT2D eigenvalue weighted by Crippen LogP contribution is 2.37. The molecule has 1 aliphatic rings. The number of esters is 1. The van der Waals surface area contributed by atoms with Crippen molar-refractivity contribution in [2.24, 2.45) is 0 Å². The Balaban J connectivity index is 1.32. The average Bonchev–Trinajstić information content (AvgIpc) is 3.77. The second-order valence-electron chi connectivity index (χ2n) is 12.3. The van der Waals surface area contributed by atoms with Crippen LogP contribution >= 0.6 is 0 Å². The number of epoxide rings is 1. The monoisotopic (exact) mass is 604 g/mol. The van der Waals surface area contributed by atoms with E-state index in [0.717, 1.165) is 51.6 Å². The topological polar surface area (TPSA) is 68.3 Å². The molecule has 2 aromatic carbocycles. The molecule has 0 saturated carbocycles. The summed E-state index contributed by atoms with van der Waals surface area (Å²) in [6, 6.07) is 21.7. The summed E-state index contributed by atoms with van der Waals surface area (Å²) in [6.45, 7) is 7.76. The predicted octanol–water partition coefficient (Wildman–Crippen LogP) is 7.04. The summed E-state index contributed by atoms with van der Waals surface area (Å²) in [5, 5.41) is 12.8. The maximum absolute atomic E-state index is 11.1. The van der Waals surface area contributed by atoms with Gasteiger partial charge in [0, 0.05) is 13.0 Å². The molecule has 3 atom stereocenters. The van der Waals surface area contributed by atoms with Gasteiger partial charge in [-0.3, -0.25) is 4.79 Å². The molecule has 43 heavy (non-hydrogen) atoms. The zero-order valence-corrected chi connectivity index (χ0v) is 27.6. The van der Waals surface area contributed by atoms with E-state index < -0.39 is 14.4 Å². The third-order valence-electron chi connectivity index (χ3n) is 7.95. The standard InChI is InChI=1S/C37H52O5Si/c1-37(2,3)43(32-22-14-11-15-23-32,33-24-16-12-17-25-33)41-30-20-10-6-5-7-18-26-34-35(42-34)29-28-31(38)21-13-8-9-19-27-36(39)40-4/h7-8,11-18,22-25,28-29,31,34-35,38H,5-6,9-10,19-21,26-27,30H2,1-4H3/b13-8+,18-7+,29-28+. The second-order valence-corrected chi connectivity index (χ2v) is 16.6. The number of hydrogen-bond acceptors (Lipinski definition) is 5. The van der Waals surface area contributed by atoms with E-state index in [-0.39, 0.29) is 23.2 Å². The van der Waals surface area contributed by atoms with E-state index in [4.69, 9.17) is 9.16 Å². The highest BCUT2D eigenvalue weighted by atomic mass is 28.4. The SMILES string of the molecule is COC(=O)CCC/C=C/CC(O)/C=C/C1OC1C/C=C/CCCCCO[Si](c1ccccc1)(c1ccccc1)C(C)(C)C. The summed E-state index contributed by atoms with van der Waals surface area (Å²) in [5.41, 5.74) is 0. The van der Waals surface area contributed by atoms with Gasteiger partial charge in [-0.05, 0) is 60.4 Å². The quantitative estimate of drug-likeness (QED) is 0.0612. The smallest absolute Gasteiger partial charge is 0.305 e. The molecule has 0 bridgehead atoms. The molecule has 3 rings (SSSR count). The van der Waals surface area contributed by atoms with E-state index in [2.05, 4.69) is 98.3 Å². The Morgan fingerprint density at radius 2 is 1.53 bits per heavy atom. The molecule has 1 saturated heterocycles. The van der Waals surface area contributed by atoms with E-state index in [1.54, 1.807) is 0 Å². The molecule has 0 aliphatic carbocycles. The Labute approximate surface area is 260 Å². The molecule has 1 heterocycles. The lowest BCUT2D eigenvalue weighted by atomic mass is 10.1. The van der Waals surface area contributed by atoms with Crippen LogP contribution in [0.3, 0.4) is 0 Å². The second kappa shape index (κ2) is 18.1. The van der Waals surface area contributed by atoms with E-state index in [1.165, 1.54) is 17.5 Å². The molecule has 0 radical (unpaired) electrons. The number of ether oxygens (including phenoxy) is 2. The molecule has 1 aliphatic heterocycles. The summed E-state index contributed by atoms with van der Waals surface area (Å²) in [7, 11) is -1.04. The van der Waals surface area contributed by atoms with Crippen LogP contribution in [-0.2, 0) is 18.7 Å². The number of benzene rings is 2. The van der Waals surface area contributed by atoms with Gasteiger partial charge in [-0.1, -0.05) is 124 Å². The first-order valence-electron chi connectivity index (χ1n) is 15.9. The summed E-state index contributed by atoms with van der Waals surface area (Å²) in [4.78, 5) is 11.1. The van der Waals surface area contributed by atoms with E-state index in [1.807, 2.05) is 24.3 Å². The number of unbranched alkanes of at least 4 members (excludes halogenated alkanes) is 4. The predicted molar refractivity (Wildman–Crippen MR) is 179 cm³/mol. The molecule has 2 aromatic rings. The van der Waals surface area contributed by atoms with Gasteiger partial charge in [-0.25, -0.2) is 0 Å². The molecule has 1 fully saturated rings. The van der Waals surface area contributed by atoms with Crippen molar-refractivity contribution in [2.45, 2.75) is 102 Å². The van der Waals surface area contributed by atoms with Gasteiger partial charge >= 0.3 is 5.97 Å². The van der Waals surface area contributed by atoms with Gasteiger partial charge in [-0.2, -0.15) is 0 Å². The Morgan fingerprint density at radius 3 is 2.16 bits per heavy atom.